The molecule has 96 valence electrons. The molecule has 4 nitrogen and oxygen atoms in total. The van der Waals surface area contributed by atoms with Crippen LogP contribution < -0.4 is 0 Å². The van der Waals surface area contributed by atoms with Crippen LogP contribution >= 0.6 is 0 Å². The number of nitrogens with zero attached hydrogens (tertiary/aromatic N) is 1. The molecule has 2 aromatic heterocycles. The van der Waals surface area contributed by atoms with Crippen molar-refractivity contribution in [1.29, 1.82) is 0 Å². The number of nitrogens with one attached hydrogen (secondary N) is 1. The number of H-pyrrole nitrogens is 1. The maximum Gasteiger partial charge on any atom is 0.352 e. The van der Waals surface area contributed by atoms with Crippen molar-refractivity contribution in [1.82, 2.24) is 9.55 Å². The van der Waals surface area contributed by atoms with E-state index in [-0.39, 0.29) is 11.5 Å². The van der Waals surface area contributed by atoms with Gasteiger partial charge in [0.05, 0.1) is 5.69 Å². The number of benzene rings is 1. The summed E-state index contributed by atoms with van der Waals surface area (Å²) in [5, 5.41) is 9.91. The number of carboxylic acids is 1. The average molecular weight is 258 g/mol. The van der Waals surface area contributed by atoms with E-state index >= 15 is 0 Å². The van der Waals surface area contributed by atoms with E-state index in [9.17, 15) is 9.18 Å². The predicted octanol–water partition coefficient (Wildman–Crippen LogP) is 3.01. The predicted molar refractivity (Wildman–Crippen MR) is 69.6 cm³/mol. The molecule has 3 rings (SSSR count). The first-order valence-electron chi connectivity index (χ1n) is 5.74. The Hall–Kier alpha value is -2.56. The van der Waals surface area contributed by atoms with Crippen LogP contribution in [0.25, 0.3) is 22.2 Å². The van der Waals surface area contributed by atoms with Crippen LogP contribution in [0.2, 0.25) is 0 Å². The van der Waals surface area contributed by atoms with Crippen LogP contribution in [-0.4, -0.2) is 20.6 Å². The average Bonchev–Trinajstić information content (AvgIpc) is 2.91. The smallest absolute Gasteiger partial charge is 0.352 e. The summed E-state index contributed by atoms with van der Waals surface area (Å²) in [5.41, 5.74) is 2.53. The Bertz CT molecular complexity index is 786. The first kappa shape index (κ1) is 11.5. The monoisotopic (exact) mass is 258 g/mol. The molecule has 3 aromatic rings. The molecular weight excluding hydrogens is 247 g/mol. The molecule has 0 aliphatic carbocycles. The standard InChI is InChI=1S/C14H11FN2O2/c1-17-12(4-5-13(17)14(18)19)10-7-16-11-6-8(15)2-3-9(10)11/h2-7,16H,1H3,(H,18,19). The van der Waals surface area contributed by atoms with Gasteiger partial charge >= 0.3 is 5.97 Å². The molecule has 0 bridgehead atoms. The molecule has 0 saturated carbocycles. The highest BCUT2D eigenvalue weighted by Gasteiger charge is 2.15. The number of carbonyl (C=O) groups is 1. The van der Waals surface area contributed by atoms with Gasteiger partial charge in [0.2, 0.25) is 0 Å². The topological polar surface area (TPSA) is 58.0 Å². The van der Waals surface area contributed by atoms with Gasteiger partial charge in [-0.05, 0) is 30.3 Å². The van der Waals surface area contributed by atoms with Crippen molar-refractivity contribution in [3.05, 3.63) is 48.0 Å². The molecule has 0 unspecified atom stereocenters. The second kappa shape index (κ2) is 3.98. The lowest BCUT2D eigenvalue weighted by molar-refractivity contribution is 0.0687. The summed E-state index contributed by atoms with van der Waals surface area (Å²) < 4.78 is 14.7. The van der Waals surface area contributed by atoms with Crippen LogP contribution in [0.5, 0.6) is 0 Å². The van der Waals surface area contributed by atoms with Gasteiger partial charge in [-0.1, -0.05) is 0 Å². The number of fused-ring (bicyclic) bond motifs is 1. The van der Waals surface area contributed by atoms with Crippen LogP contribution in [0.15, 0.2) is 36.5 Å². The summed E-state index contributed by atoms with van der Waals surface area (Å²) in [6.07, 6.45) is 1.76. The number of halogens is 1. The molecular formula is C14H11FN2O2. The van der Waals surface area contributed by atoms with Gasteiger partial charge in [-0.25, -0.2) is 9.18 Å². The minimum Gasteiger partial charge on any atom is -0.477 e. The lowest BCUT2D eigenvalue weighted by Crippen LogP contribution is -2.04. The third kappa shape index (κ3) is 1.71. The molecule has 0 atom stereocenters. The number of carboxylic acid groups (broad SMARTS) is 1. The number of hydrogen-bond acceptors (Lipinski definition) is 1. The van der Waals surface area contributed by atoms with E-state index in [0.29, 0.717) is 5.52 Å². The van der Waals surface area contributed by atoms with Crippen LogP contribution in [0.3, 0.4) is 0 Å². The molecule has 0 spiro atoms. The van der Waals surface area contributed by atoms with Gasteiger partial charge in [0, 0.05) is 29.7 Å². The molecule has 2 heterocycles. The van der Waals surface area contributed by atoms with Crippen molar-refractivity contribution in [3.8, 4) is 11.3 Å². The summed E-state index contributed by atoms with van der Waals surface area (Å²) in [7, 11) is 1.70. The Morgan fingerprint density at radius 2 is 2.11 bits per heavy atom. The number of aromatic amines is 1. The maximum absolute atomic E-state index is 13.1. The van der Waals surface area contributed by atoms with Gasteiger partial charge in [-0.2, -0.15) is 0 Å². The summed E-state index contributed by atoms with van der Waals surface area (Å²) >= 11 is 0. The summed E-state index contributed by atoms with van der Waals surface area (Å²) in [4.78, 5) is 14.0. The lowest BCUT2D eigenvalue weighted by atomic mass is 10.1. The molecule has 1 aromatic carbocycles. The molecule has 19 heavy (non-hydrogen) atoms. The molecule has 0 amide bonds. The minimum atomic E-state index is -0.973. The van der Waals surface area contributed by atoms with Crippen molar-refractivity contribution in [3.63, 3.8) is 0 Å². The fraction of sp³-hybridized carbons (Fsp3) is 0.0714. The second-order valence-electron chi connectivity index (χ2n) is 4.36. The third-order valence-corrected chi connectivity index (χ3v) is 3.26. The van der Waals surface area contributed by atoms with Gasteiger partial charge < -0.3 is 14.7 Å². The normalized spacial score (nSPS) is 11.1. The van der Waals surface area contributed by atoms with E-state index in [0.717, 1.165) is 16.6 Å². The van der Waals surface area contributed by atoms with Gasteiger partial charge in [0.1, 0.15) is 11.5 Å². The van der Waals surface area contributed by atoms with E-state index in [2.05, 4.69) is 4.98 Å². The van der Waals surface area contributed by atoms with Gasteiger partial charge in [0.15, 0.2) is 0 Å². The summed E-state index contributed by atoms with van der Waals surface area (Å²) in [5.74, 6) is -1.28. The molecule has 0 aliphatic rings. The molecule has 0 radical (unpaired) electrons. The Morgan fingerprint density at radius 3 is 2.79 bits per heavy atom. The molecule has 2 N–H and O–H groups in total. The Morgan fingerprint density at radius 1 is 1.32 bits per heavy atom. The highest BCUT2D eigenvalue weighted by atomic mass is 19.1. The van der Waals surface area contributed by atoms with E-state index in [4.69, 9.17) is 5.11 Å². The highest BCUT2D eigenvalue weighted by molar-refractivity contribution is 5.96. The third-order valence-electron chi connectivity index (χ3n) is 3.26. The maximum atomic E-state index is 13.1. The fourth-order valence-electron chi connectivity index (χ4n) is 2.31. The number of hydrogen-bond donors (Lipinski definition) is 2. The summed E-state index contributed by atoms with van der Waals surface area (Å²) in [6.45, 7) is 0. The fourth-order valence-corrected chi connectivity index (χ4v) is 2.31. The largest absolute Gasteiger partial charge is 0.477 e. The molecule has 0 saturated heterocycles. The quantitative estimate of drug-likeness (QED) is 0.742. The van der Waals surface area contributed by atoms with Gasteiger partial charge in [-0.15, -0.1) is 0 Å². The zero-order valence-corrected chi connectivity index (χ0v) is 10.1. The van der Waals surface area contributed by atoms with E-state index in [1.165, 1.54) is 12.1 Å². The number of aromatic carboxylic acids is 1. The number of aromatic nitrogens is 2. The lowest BCUT2D eigenvalue weighted by Gasteiger charge is -2.04. The van der Waals surface area contributed by atoms with Gasteiger partial charge in [0.25, 0.3) is 0 Å². The Balaban J connectivity index is 2.22. The van der Waals surface area contributed by atoms with Crippen LogP contribution in [0, 0.1) is 5.82 Å². The molecule has 0 aliphatic heterocycles. The first-order chi connectivity index (χ1) is 9.08. The molecule has 0 fully saturated rings. The van der Waals surface area contributed by atoms with E-state index in [1.54, 1.807) is 36.0 Å². The zero-order valence-electron chi connectivity index (χ0n) is 10.1. The van der Waals surface area contributed by atoms with Crippen molar-refractivity contribution in [2.45, 2.75) is 0 Å². The minimum absolute atomic E-state index is 0.214. The van der Waals surface area contributed by atoms with Crippen molar-refractivity contribution in [2.24, 2.45) is 7.05 Å². The van der Waals surface area contributed by atoms with Crippen LogP contribution in [0.4, 0.5) is 4.39 Å². The van der Waals surface area contributed by atoms with E-state index in [1.807, 2.05) is 0 Å². The Kier molecular flexibility index (Phi) is 2.41. The zero-order chi connectivity index (χ0) is 13.6. The van der Waals surface area contributed by atoms with Crippen LogP contribution in [-0.2, 0) is 7.05 Å². The number of rotatable bonds is 2. The van der Waals surface area contributed by atoms with Gasteiger partial charge in [-0.3, -0.25) is 0 Å². The van der Waals surface area contributed by atoms with Crippen molar-refractivity contribution < 1.29 is 14.3 Å². The molecule has 5 heteroatoms. The Labute approximate surface area is 108 Å². The van der Waals surface area contributed by atoms with E-state index < -0.39 is 5.97 Å². The second-order valence-corrected chi connectivity index (χ2v) is 4.36. The SMILES string of the molecule is Cn1c(C(=O)O)ccc1-c1c[nH]c2cc(F)ccc12. The summed E-state index contributed by atoms with van der Waals surface area (Å²) in [6, 6.07) is 7.79. The first-order valence-corrected chi connectivity index (χ1v) is 5.74. The highest BCUT2D eigenvalue weighted by Crippen LogP contribution is 2.30. The van der Waals surface area contributed by atoms with Crippen molar-refractivity contribution in [2.75, 3.05) is 0 Å². The van der Waals surface area contributed by atoms with Crippen molar-refractivity contribution >= 4 is 16.9 Å². The van der Waals surface area contributed by atoms with Crippen LogP contribution in [0.1, 0.15) is 10.5 Å².